The largest absolute Gasteiger partial charge is 0.446 e. The van der Waals surface area contributed by atoms with Gasteiger partial charge in [0.15, 0.2) is 0 Å². The maximum absolute atomic E-state index is 13.4. The molecule has 2 aromatic carbocycles. The first-order valence-corrected chi connectivity index (χ1v) is 10.5. The topological polar surface area (TPSA) is 61.6 Å². The second-order valence-electron chi connectivity index (χ2n) is 9.20. The number of carbonyl (C=O) groups is 1. The summed E-state index contributed by atoms with van der Waals surface area (Å²) in [5, 5.41) is 0. The summed E-state index contributed by atoms with van der Waals surface area (Å²) in [6, 6.07) is 6.57. The Bertz CT molecular complexity index is 964. The van der Waals surface area contributed by atoms with Gasteiger partial charge in [0.25, 0.3) is 0 Å². The SMILES string of the molecule is CC(C)(C)C(CC(COCc1cc(C(F)(F)F)cc(C(F)(F)F)c1)c1ccc(F)cc1)OC(N)=O. The van der Waals surface area contributed by atoms with Gasteiger partial charge in [0.1, 0.15) is 11.9 Å². The smallest absolute Gasteiger partial charge is 0.416 e. The lowest BCUT2D eigenvalue weighted by atomic mass is 9.81. The Balaban J connectivity index is 2.28. The molecule has 0 radical (unpaired) electrons. The Morgan fingerprint density at radius 3 is 1.86 bits per heavy atom. The molecule has 11 heteroatoms. The number of benzene rings is 2. The van der Waals surface area contributed by atoms with E-state index in [1.54, 1.807) is 20.8 Å². The number of alkyl halides is 6. The average molecular weight is 509 g/mol. The molecule has 2 unspecified atom stereocenters. The number of amides is 1. The molecule has 0 aliphatic carbocycles. The first-order chi connectivity index (χ1) is 16.0. The number of hydrogen-bond donors (Lipinski definition) is 1. The van der Waals surface area contributed by atoms with Crippen LogP contribution >= 0.6 is 0 Å². The van der Waals surface area contributed by atoms with Crippen molar-refractivity contribution in [2.24, 2.45) is 11.1 Å². The van der Waals surface area contributed by atoms with Crippen molar-refractivity contribution in [2.45, 2.75) is 58.2 Å². The summed E-state index contributed by atoms with van der Waals surface area (Å²) >= 11 is 0. The van der Waals surface area contributed by atoms with Crippen LogP contribution in [0.2, 0.25) is 0 Å². The van der Waals surface area contributed by atoms with E-state index in [1.807, 2.05) is 0 Å². The third-order valence-corrected chi connectivity index (χ3v) is 5.30. The molecule has 0 saturated heterocycles. The van der Waals surface area contributed by atoms with Crippen LogP contribution in [0, 0.1) is 11.2 Å². The fraction of sp³-hybridized carbons (Fsp3) is 0.458. The van der Waals surface area contributed by atoms with Crippen LogP contribution in [0.1, 0.15) is 55.4 Å². The van der Waals surface area contributed by atoms with Gasteiger partial charge in [-0.25, -0.2) is 9.18 Å². The Labute approximate surface area is 198 Å². The standard InChI is InChI=1S/C24H26F7NO3/c1-22(2,3)20(35-21(32)33)10-16(15-4-6-19(25)7-5-15)13-34-12-14-8-17(23(26,27)28)11-18(9-14)24(29,30)31/h4-9,11,16,20H,10,12-13H2,1-3H3,(H2,32,33). The van der Waals surface area contributed by atoms with Crippen molar-refractivity contribution in [3.8, 4) is 0 Å². The quantitative estimate of drug-likeness (QED) is 0.388. The van der Waals surface area contributed by atoms with E-state index in [2.05, 4.69) is 0 Å². The molecule has 0 fully saturated rings. The molecule has 0 spiro atoms. The van der Waals surface area contributed by atoms with E-state index >= 15 is 0 Å². The third-order valence-electron chi connectivity index (χ3n) is 5.30. The molecular weight excluding hydrogens is 483 g/mol. The van der Waals surface area contributed by atoms with E-state index in [9.17, 15) is 35.5 Å². The van der Waals surface area contributed by atoms with E-state index in [-0.39, 0.29) is 24.7 Å². The Morgan fingerprint density at radius 1 is 0.914 bits per heavy atom. The molecule has 0 heterocycles. The molecule has 0 aromatic heterocycles. The van der Waals surface area contributed by atoms with Crippen molar-refractivity contribution in [2.75, 3.05) is 6.61 Å². The van der Waals surface area contributed by atoms with E-state index in [4.69, 9.17) is 15.2 Å². The van der Waals surface area contributed by atoms with Gasteiger partial charge in [-0.3, -0.25) is 0 Å². The minimum absolute atomic E-state index is 0.0416. The number of ether oxygens (including phenoxy) is 2. The predicted octanol–water partition coefficient (Wildman–Crippen LogP) is 7.06. The average Bonchev–Trinajstić information content (AvgIpc) is 2.70. The Kier molecular flexibility index (Phi) is 8.80. The second kappa shape index (κ2) is 10.8. The van der Waals surface area contributed by atoms with Crippen LogP contribution in [0.25, 0.3) is 0 Å². The minimum atomic E-state index is -4.97. The zero-order chi connectivity index (χ0) is 26.6. The lowest BCUT2D eigenvalue weighted by molar-refractivity contribution is -0.143. The molecule has 2 N–H and O–H groups in total. The van der Waals surface area contributed by atoms with Gasteiger partial charge >= 0.3 is 18.4 Å². The van der Waals surface area contributed by atoms with Crippen LogP contribution in [-0.2, 0) is 28.4 Å². The highest BCUT2D eigenvalue weighted by molar-refractivity contribution is 5.64. The van der Waals surface area contributed by atoms with E-state index in [1.165, 1.54) is 24.3 Å². The monoisotopic (exact) mass is 509 g/mol. The van der Waals surface area contributed by atoms with E-state index in [0.29, 0.717) is 17.7 Å². The van der Waals surface area contributed by atoms with Crippen molar-refractivity contribution in [1.29, 1.82) is 0 Å². The van der Waals surface area contributed by atoms with Crippen LogP contribution in [-0.4, -0.2) is 18.8 Å². The zero-order valence-corrected chi connectivity index (χ0v) is 19.3. The summed E-state index contributed by atoms with van der Waals surface area (Å²) in [6.45, 7) is 4.69. The summed E-state index contributed by atoms with van der Waals surface area (Å²) in [7, 11) is 0. The second-order valence-corrected chi connectivity index (χ2v) is 9.20. The van der Waals surface area contributed by atoms with Crippen LogP contribution in [0.15, 0.2) is 42.5 Å². The Morgan fingerprint density at radius 2 is 1.43 bits per heavy atom. The van der Waals surface area contributed by atoms with E-state index < -0.39 is 59.4 Å². The number of nitrogens with two attached hydrogens (primary N) is 1. The molecule has 35 heavy (non-hydrogen) atoms. The van der Waals surface area contributed by atoms with Gasteiger partial charge in [-0.15, -0.1) is 0 Å². The molecule has 2 rings (SSSR count). The van der Waals surface area contributed by atoms with Gasteiger partial charge < -0.3 is 15.2 Å². The molecule has 4 nitrogen and oxygen atoms in total. The van der Waals surface area contributed by atoms with Crippen LogP contribution in [0.5, 0.6) is 0 Å². The van der Waals surface area contributed by atoms with E-state index in [0.717, 1.165) is 0 Å². The molecule has 2 atom stereocenters. The summed E-state index contributed by atoms with van der Waals surface area (Å²) < 4.78 is 103. The first-order valence-electron chi connectivity index (χ1n) is 10.5. The Hall–Kier alpha value is -2.82. The minimum Gasteiger partial charge on any atom is -0.446 e. The lowest BCUT2D eigenvalue weighted by Gasteiger charge is -2.32. The van der Waals surface area contributed by atoms with Gasteiger partial charge in [0.2, 0.25) is 0 Å². The van der Waals surface area contributed by atoms with Crippen molar-refractivity contribution in [3.05, 3.63) is 70.5 Å². The third kappa shape index (κ3) is 8.72. The zero-order valence-electron chi connectivity index (χ0n) is 19.3. The number of hydrogen-bond acceptors (Lipinski definition) is 3. The molecule has 1 amide bonds. The number of primary amides is 1. The van der Waals surface area contributed by atoms with Crippen molar-refractivity contribution in [3.63, 3.8) is 0 Å². The predicted molar refractivity (Wildman–Crippen MR) is 114 cm³/mol. The molecule has 0 bridgehead atoms. The highest BCUT2D eigenvalue weighted by atomic mass is 19.4. The van der Waals surface area contributed by atoms with Gasteiger partial charge in [0.05, 0.1) is 24.3 Å². The van der Waals surface area contributed by atoms with Crippen LogP contribution in [0.3, 0.4) is 0 Å². The highest BCUT2D eigenvalue weighted by Crippen LogP contribution is 2.37. The lowest BCUT2D eigenvalue weighted by Crippen LogP contribution is -2.35. The highest BCUT2D eigenvalue weighted by Gasteiger charge is 2.37. The molecule has 194 valence electrons. The normalized spacial score (nSPS) is 14.5. The summed E-state index contributed by atoms with van der Waals surface area (Å²) in [5.74, 6) is -1.04. The molecule has 2 aromatic rings. The number of rotatable bonds is 8. The first kappa shape index (κ1) is 28.4. The molecular formula is C24H26F7NO3. The molecule has 0 aliphatic rings. The van der Waals surface area contributed by atoms with Crippen LogP contribution < -0.4 is 5.73 Å². The summed E-state index contributed by atoms with van der Waals surface area (Å²) in [6.07, 6.45) is -11.5. The van der Waals surface area contributed by atoms with Crippen molar-refractivity contribution >= 4 is 6.09 Å². The maximum atomic E-state index is 13.4. The summed E-state index contributed by atoms with van der Waals surface area (Å²) in [4.78, 5) is 11.4. The van der Waals surface area contributed by atoms with Crippen LogP contribution in [0.4, 0.5) is 35.5 Å². The molecule has 0 aliphatic heterocycles. The van der Waals surface area contributed by atoms with Crippen molar-refractivity contribution < 1.29 is 45.0 Å². The van der Waals surface area contributed by atoms with Gasteiger partial charge in [-0.05, 0) is 53.3 Å². The van der Waals surface area contributed by atoms with Gasteiger partial charge in [-0.2, -0.15) is 26.3 Å². The fourth-order valence-corrected chi connectivity index (χ4v) is 3.43. The number of carbonyl (C=O) groups excluding carboxylic acids is 1. The van der Waals surface area contributed by atoms with Gasteiger partial charge in [0, 0.05) is 5.92 Å². The van der Waals surface area contributed by atoms with Crippen molar-refractivity contribution in [1.82, 2.24) is 0 Å². The number of halogens is 7. The fourth-order valence-electron chi connectivity index (χ4n) is 3.43. The summed E-state index contributed by atoms with van der Waals surface area (Å²) in [5.41, 5.74) is 1.99. The molecule has 0 saturated carbocycles. The maximum Gasteiger partial charge on any atom is 0.416 e. The van der Waals surface area contributed by atoms with Gasteiger partial charge in [-0.1, -0.05) is 32.9 Å².